The number of carbonyl (C=O) groups excluding carboxylic acids is 6. The Hall–Kier alpha value is -4.88. The third-order valence-corrected chi connectivity index (χ3v) is 13.5. The number of amides is 1. The van der Waals surface area contributed by atoms with Crippen molar-refractivity contribution < 1.29 is 77.2 Å². The molecule has 2 heterocycles. The number of esters is 3. The lowest BCUT2D eigenvalue weighted by atomic mass is 9.44. The number of alkyl carbamates (subject to hydrolysis) is 1. The van der Waals surface area contributed by atoms with E-state index in [9.17, 15) is 39.3 Å². The van der Waals surface area contributed by atoms with E-state index in [1.165, 1.54) is 46.8 Å². The summed E-state index contributed by atoms with van der Waals surface area (Å²) in [5, 5.41) is 41.4. The molecule has 2 bridgehead atoms. The molecule has 1 aromatic heterocycles. The predicted molar refractivity (Wildman–Crippen MR) is 208 cm³/mol. The fraction of sp³-hybridized carbons (Fsp3) is 0.571. The highest BCUT2D eigenvalue weighted by molar-refractivity contribution is 7.10. The van der Waals surface area contributed by atoms with Crippen LogP contribution in [0.1, 0.15) is 82.6 Å². The molecule has 1 saturated heterocycles. The van der Waals surface area contributed by atoms with Gasteiger partial charge in [-0.3, -0.25) is 9.59 Å². The van der Waals surface area contributed by atoms with Crippen LogP contribution in [-0.2, 0) is 47.5 Å². The fourth-order valence-electron chi connectivity index (χ4n) is 9.52. The normalized spacial score (nSPS) is 32.5. The molecule has 4 aliphatic rings. The number of carbonyl (C=O) groups is 6. The second-order valence-corrected chi connectivity index (χ2v) is 17.2. The molecule has 3 fully saturated rings. The molecule has 1 amide bonds. The number of ether oxygens (including phenoxy) is 7. The van der Waals surface area contributed by atoms with Crippen molar-refractivity contribution in [3.05, 3.63) is 69.4 Å². The van der Waals surface area contributed by atoms with Crippen LogP contribution in [0.5, 0.6) is 0 Å². The van der Waals surface area contributed by atoms with Crippen molar-refractivity contribution in [2.24, 2.45) is 16.7 Å². The Labute approximate surface area is 350 Å². The molecule has 326 valence electrons. The van der Waals surface area contributed by atoms with Crippen LogP contribution in [0.25, 0.3) is 0 Å². The minimum Gasteiger partial charge on any atom is -0.456 e. The maximum absolute atomic E-state index is 15.5. The number of fused-ring (bicyclic) bond motifs is 5. The number of hydrogen-bond donors (Lipinski definition) is 4. The quantitative estimate of drug-likeness (QED) is 0.143. The van der Waals surface area contributed by atoms with Gasteiger partial charge < -0.3 is 53.8 Å². The lowest BCUT2D eigenvalue weighted by Gasteiger charge is -2.67. The molecule has 1 aliphatic heterocycles. The topological polar surface area (TPSA) is 240 Å². The van der Waals surface area contributed by atoms with E-state index in [0.29, 0.717) is 4.88 Å². The van der Waals surface area contributed by atoms with Gasteiger partial charge in [0.15, 0.2) is 23.6 Å². The van der Waals surface area contributed by atoms with Gasteiger partial charge in [0, 0.05) is 30.1 Å². The minimum atomic E-state index is -2.42. The number of benzene rings is 1. The molecule has 1 aromatic carbocycles. The van der Waals surface area contributed by atoms with Crippen LogP contribution in [-0.4, -0.2) is 119 Å². The van der Waals surface area contributed by atoms with E-state index >= 15 is 4.79 Å². The van der Waals surface area contributed by atoms with E-state index in [1.54, 1.807) is 42.6 Å². The smallest absolute Gasteiger partial charge is 0.456 e. The molecule has 0 spiro atoms. The lowest BCUT2D eigenvalue weighted by molar-refractivity contribution is -0.346. The van der Waals surface area contributed by atoms with E-state index in [2.05, 4.69) is 5.32 Å². The first-order chi connectivity index (χ1) is 28.3. The number of aliphatic hydroxyl groups is 3. The van der Waals surface area contributed by atoms with Gasteiger partial charge in [-0.15, -0.1) is 11.3 Å². The van der Waals surface area contributed by atoms with Crippen LogP contribution < -0.4 is 5.32 Å². The SMILES string of the molecule is CCOC(=O)N[C@@H](c1cccs1)[C@@H](O)C(=O)O[C@H]1C[C@@]2(O)[C@@H](OC(=O)c3ccccc3)C3[C@](C)(C(=O)[C@H](OC(=O)OCC)C(=C1C)C2(C)C)[C@@H](O)C[C@H]1OC[C@@]31OC(C)=O. The number of Topliss-reactive ketones (excluding diaryl/α,β-unsaturated/α-hetero) is 1. The summed E-state index contributed by atoms with van der Waals surface area (Å²) in [5.74, 6) is -5.52. The summed E-state index contributed by atoms with van der Waals surface area (Å²) in [6.45, 7) is 9.67. The molecule has 17 nitrogen and oxygen atoms in total. The van der Waals surface area contributed by atoms with Crippen molar-refractivity contribution in [1.82, 2.24) is 5.32 Å². The molecule has 11 atom stereocenters. The highest BCUT2D eigenvalue weighted by atomic mass is 32.1. The standard InChI is InChI=1S/C42H51NO16S/c1-8-53-37(50)43-29(25-16-13-17-60-25)30(46)36(49)56-24-19-42(52)34(58-35(48)23-14-11-10-12-15-23)32-40(7,26(45)18-27-41(32,20-55-27)59-22(4)44)33(47)31(57-38(51)54-9-2)28(21(24)3)39(42,5)6/h10-17,24,26-27,29-32,34,45-46,52H,8-9,18-20H2,1-7H3,(H,43,50)/t24-,26-,27+,29-,30+,31+,32?,34-,40+,41-,42+/m0/s1. The predicted octanol–water partition coefficient (Wildman–Crippen LogP) is 3.72. The highest BCUT2D eigenvalue weighted by Crippen LogP contribution is 2.64. The monoisotopic (exact) mass is 857 g/mol. The Morgan fingerprint density at radius 1 is 0.983 bits per heavy atom. The summed E-state index contributed by atoms with van der Waals surface area (Å²) in [6.07, 6.45) is -13.0. The molecule has 2 saturated carbocycles. The molecule has 60 heavy (non-hydrogen) atoms. The average molecular weight is 858 g/mol. The summed E-state index contributed by atoms with van der Waals surface area (Å²) < 4.78 is 40.2. The second-order valence-electron chi connectivity index (χ2n) is 16.2. The van der Waals surface area contributed by atoms with Crippen LogP contribution in [0.2, 0.25) is 0 Å². The van der Waals surface area contributed by atoms with Gasteiger partial charge >= 0.3 is 30.2 Å². The summed E-state index contributed by atoms with van der Waals surface area (Å²) >= 11 is 1.14. The molecule has 4 N–H and O–H groups in total. The number of rotatable bonds is 11. The van der Waals surface area contributed by atoms with Crippen LogP contribution in [0.4, 0.5) is 9.59 Å². The zero-order valence-electron chi connectivity index (χ0n) is 34.3. The second kappa shape index (κ2) is 16.9. The summed E-state index contributed by atoms with van der Waals surface area (Å²) in [5.41, 5.74) is -7.93. The van der Waals surface area contributed by atoms with Crippen LogP contribution in [0, 0.1) is 16.7 Å². The number of nitrogens with one attached hydrogen (secondary N) is 1. The average Bonchev–Trinajstić information content (AvgIpc) is 3.73. The third kappa shape index (κ3) is 7.46. The Morgan fingerprint density at radius 2 is 1.67 bits per heavy atom. The first-order valence-electron chi connectivity index (χ1n) is 19.7. The van der Waals surface area contributed by atoms with E-state index in [0.717, 1.165) is 18.3 Å². The van der Waals surface area contributed by atoms with E-state index < -0.39 is 113 Å². The molecule has 2 aromatic rings. The van der Waals surface area contributed by atoms with Gasteiger partial charge in [0.05, 0.1) is 42.8 Å². The zero-order chi connectivity index (χ0) is 43.9. The van der Waals surface area contributed by atoms with Crippen molar-refractivity contribution in [1.29, 1.82) is 0 Å². The maximum Gasteiger partial charge on any atom is 0.509 e. The van der Waals surface area contributed by atoms with Gasteiger partial charge in [-0.05, 0) is 62.4 Å². The third-order valence-electron chi connectivity index (χ3n) is 12.6. The van der Waals surface area contributed by atoms with E-state index in [1.807, 2.05) is 0 Å². The summed E-state index contributed by atoms with van der Waals surface area (Å²) in [6, 6.07) is 9.67. The molecule has 6 rings (SSSR count). The van der Waals surface area contributed by atoms with Crippen LogP contribution >= 0.6 is 11.3 Å². The Balaban J connectivity index is 1.57. The zero-order valence-corrected chi connectivity index (χ0v) is 35.1. The molecule has 1 unspecified atom stereocenters. The lowest BCUT2D eigenvalue weighted by Crippen LogP contribution is -2.82. The van der Waals surface area contributed by atoms with Crippen molar-refractivity contribution in [2.75, 3.05) is 19.8 Å². The first-order valence-corrected chi connectivity index (χ1v) is 20.6. The number of aliphatic hydroxyl groups excluding tert-OH is 2. The summed E-state index contributed by atoms with van der Waals surface area (Å²) in [7, 11) is 0. The van der Waals surface area contributed by atoms with Crippen molar-refractivity contribution >= 4 is 47.3 Å². The van der Waals surface area contributed by atoms with Crippen molar-refractivity contribution in [3.8, 4) is 0 Å². The highest BCUT2D eigenvalue weighted by Gasteiger charge is 2.78. The van der Waals surface area contributed by atoms with Gasteiger partial charge in [0.25, 0.3) is 0 Å². The molecule has 0 radical (unpaired) electrons. The number of ketones is 1. The van der Waals surface area contributed by atoms with Crippen LogP contribution in [0.15, 0.2) is 59.0 Å². The Kier molecular flexibility index (Phi) is 12.6. The van der Waals surface area contributed by atoms with Gasteiger partial charge in [-0.2, -0.15) is 0 Å². The van der Waals surface area contributed by atoms with Crippen molar-refractivity contribution in [3.63, 3.8) is 0 Å². The van der Waals surface area contributed by atoms with E-state index in [-0.39, 0.29) is 43.0 Å². The Bertz CT molecular complexity index is 2020. The maximum atomic E-state index is 15.5. The van der Waals surface area contributed by atoms with Gasteiger partial charge in [0.1, 0.15) is 30.0 Å². The fourth-order valence-corrected chi connectivity index (χ4v) is 10.3. The van der Waals surface area contributed by atoms with E-state index in [4.69, 9.17) is 33.2 Å². The minimum absolute atomic E-state index is 0.000798. The number of hydrogen-bond acceptors (Lipinski definition) is 17. The van der Waals surface area contributed by atoms with Gasteiger partial charge in [-0.25, -0.2) is 19.2 Å². The molecule has 3 aliphatic carbocycles. The van der Waals surface area contributed by atoms with Gasteiger partial charge in [-0.1, -0.05) is 38.1 Å². The molecular weight excluding hydrogens is 807 g/mol. The largest absolute Gasteiger partial charge is 0.509 e. The molecule has 18 heteroatoms. The number of thiophene rings is 1. The van der Waals surface area contributed by atoms with Crippen LogP contribution in [0.3, 0.4) is 0 Å². The molecular formula is C42H51NO16S. The Morgan fingerprint density at radius 3 is 2.25 bits per heavy atom. The summed E-state index contributed by atoms with van der Waals surface area (Å²) in [4.78, 5) is 83.0. The van der Waals surface area contributed by atoms with Crippen molar-refractivity contribution in [2.45, 2.75) is 115 Å². The van der Waals surface area contributed by atoms with Gasteiger partial charge in [0.2, 0.25) is 0 Å². The first kappa shape index (κ1) is 44.7.